The summed E-state index contributed by atoms with van der Waals surface area (Å²) in [5.41, 5.74) is 1.89. The van der Waals surface area contributed by atoms with E-state index in [0.717, 1.165) is 39.3 Å². The van der Waals surface area contributed by atoms with Crippen LogP contribution in [0.3, 0.4) is 0 Å². The first kappa shape index (κ1) is 17.2. The molecule has 130 valence electrons. The first-order chi connectivity index (χ1) is 12.2. The van der Waals surface area contributed by atoms with Gasteiger partial charge in [0.1, 0.15) is 0 Å². The van der Waals surface area contributed by atoms with Gasteiger partial charge in [0.25, 0.3) is 5.91 Å². The van der Waals surface area contributed by atoms with Gasteiger partial charge in [-0.2, -0.15) is 5.26 Å². The maximum absolute atomic E-state index is 11.8. The predicted octanol–water partition coefficient (Wildman–Crippen LogP) is 1.70. The molecule has 0 aliphatic carbocycles. The lowest BCUT2D eigenvalue weighted by Crippen LogP contribution is -2.48. The molecule has 2 heterocycles. The number of carbonyl (C=O) groups excluding carboxylic acids is 1. The second kappa shape index (κ2) is 8.47. The highest BCUT2D eigenvalue weighted by Crippen LogP contribution is 2.10. The van der Waals surface area contributed by atoms with Crippen LogP contribution in [0.4, 0.5) is 0 Å². The predicted molar refractivity (Wildman–Crippen MR) is 93.9 cm³/mol. The normalized spacial score (nSPS) is 15.6. The van der Waals surface area contributed by atoms with Gasteiger partial charge in [-0.15, -0.1) is 0 Å². The van der Waals surface area contributed by atoms with E-state index in [-0.39, 0.29) is 5.91 Å². The molecule has 1 saturated heterocycles. The molecular weight excluding hydrogens is 316 g/mol. The largest absolute Gasteiger partial charge is 0.459 e. The summed E-state index contributed by atoms with van der Waals surface area (Å²) < 4.78 is 5.07. The van der Waals surface area contributed by atoms with Gasteiger partial charge in [-0.05, 0) is 29.8 Å². The zero-order valence-electron chi connectivity index (χ0n) is 14.1. The smallest absolute Gasteiger partial charge is 0.287 e. The summed E-state index contributed by atoms with van der Waals surface area (Å²) in [5.74, 6) is 0.186. The molecule has 2 aromatic rings. The molecular formula is C19H22N4O2. The minimum atomic E-state index is -0.166. The van der Waals surface area contributed by atoms with E-state index in [2.05, 4.69) is 27.3 Å². The Morgan fingerprint density at radius 3 is 2.68 bits per heavy atom. The molecule has 0 bridgehead atoms. The number of nitrogens with one attached hydrogen (secondary N) is 1. The van der Waals surface area contributed by atoms with Crippen LogP contribution >= 0.6 is 0 Å². The van der Waals surface area contributed by atoms with Gasteiger partial charge in [0, 0.05) is 45.8 Å². The number of carbonyl (C=O) groups is 1. The average Bonchev–Trinajstić information content (AvgIpc) is 3.18. The Morgan fingerprint density at radius 1 is 1.16 bits per heavy atom. The quantitative estimate of drug-likeness (QED) is 0.868. The number of nitriles is 1. The van der Waals surface area contributed by atoms with Gasteiger partial charge >= 0.3 is 0 Å². The van der Waals surface area contributed by atoms with Crippen molar-refractivity contribution < 1.29 is 9.21 Å². The summed E-state index contributed by atoms with van der Waals surface area (Å²) in [4.78, 5) is 16.5. The molecule has 1 N–H and O–H groups in total. The van der Waals surface area contributed by atoms with Gasteiger partial charge in [0.15, 0.2) is 5.76 Å². The van der Waals surface area contributed by atoms with Crippen molar-refractivity contribution in [3.05, 3.63) is 59.5 Å². The number of hydrogen-bond acceptors (Lipinski definition) is 5. The van der Waals surface area contributed by atoms with Crippen LogP contribution in [0.25, 0.3) is 0 Å². The Labute approximate surface area is 147 Å². The zero-order chi connectivity index (χ0) is 17.5. The van der Waals surface area contributed by atoms with E-state index in [9.17, 15) is 4.79 Å². The molecule has 1 aliphatic heterocycles. The number of furan rings is 1. The third-order valence-corrected chi connectivity index (χ3v) is 4.39. The molecule has 0 saturated carbocycles. The highest BCUT2D eigenvalue weighted by molar-refractivity contribution is 5.91. The number of piperazine rings is 1. The topological polar surface area (TPSA) is 72.5 Å². The third-order valence-electron chi connectivity index (χ3n) is 4.39. The van der Waals surface area contributed by atoms with Crippen LogP contribution in [0, 0.1) is 11.3 Å². The van der Waals surface area contributed by atoms with Crippen molar-refractivity contribution in [3.8, 4) is 6.07 Å². The minimum Gasteiger partial charge on any atom is -0.459 e. The number of nitrogens with zero attached hydrogens (tertiary/aromatic N) is 3. The number of rotatable bonds is 6. The summed E-state index contributed by atoms with van der Waals surface area (Å²) in [6, 6.07) is 13.3. The molecule has 1 amide bonds. The van der Waals surface area contributed by atoms with Gasteiger partial charge in [0.2, 0.25) is 0 Å². The summed E-state index contributed by atoms with van der Waals surface area (Å²) in [6.45, 7) is 6.27. The molecule has 3 rings (SSSR count). The summed E-state index contributed by atoms with van der Waals surface area (Å²) in [7, 11) is 0. The molecule has 1 fully saturated rings. The Kier molecular flexibility index (Phi) is 5.83. The number of hydrogen-bond donors (Lipinski definition) is 1. The SMILES string of the molecule is N#Cc1cccc(CN2CCN(CCNC(=O)c3ccco3)CC2)c1. The highest BCUT2D eigenvalue weighted by atomic mass is 16.3. The van der Waals surface area contributed by atoms with Crippen molar-refractivity contribution in [2.75, 3.05) is 39.3 Å². The monoisotopic (exact) mass is 338 g/mol. The van der Waals surface area contributed by atoms with Gasteiger partial charge in [-0.25, -0.2) is 0 Å². The Balaban J connectivity index is 1.37. The Morgan fingerprint density at radius 2 is 1.96 bits per heavy atom. The lowest BCUT2D eigenvalue weighted by atomic mass is 10.1. The van der Waals surface area contributed by atoms with Crippen molar-refractivity contribution in [1.29, 1.82) is 5.26 Å². The zero-order valence-corrected chi connectivity index (χ0v) is 14.1. The fraction of sp³-hybridized carbons (Fsp3) is 0.368. The van der Waals surface area contributed by atoms with Crippen molar-refractivity contribution >= 4 is 5.91 Å². The van der Waals surface area contributed by atoms with Crippen LogP contribution in [0.15, 0.2) is 47.1 Å². The number of amides is 1. The summed E-state index contributed by atoms with van der Waals surface area (Å²) in [6.07, 6.45) is 1.50. The van der Waals surface area contributed by atoms with E-state index in [1.807, 2.05) is 18.2 Å². The van der Waals surface area contributed by atoms with Crippen LogP contribution < -0.4 is 5.32 Å². The fourth-order valence-electron chi connectivity index (χ4n) is 2.99. The molecule has 0 unspecified atom stereocenters. The van der Waals surface area contributed by atoms with Crippen LogP contribution in [0.2, 0.25) is 0 Å². The van der Waals surface area contributed by atoms with E-state index in [1.54, 1.807) is 12.1 Å². The average molecular weight is 338 g/mol. The van der Waals surface area contributed by atoms with E-state index < -0.39 is 0 Å². The first-order valence-corrected chi connectivity index (χ1v) is 8.50. The Hall–Kier alpha value is -2.62. The van der Waals surface area contributed by atoms with E-state index in [0.29, 0.717) is 17.9 Å². The van der Waals surface area contributed by atoms with Crippen LogP contribution in [0.5, 0.6) is 0 Å². The molecule has 25 heavy (non-hydrogen) atoms. The highest BCUT2D eigenvalue weighted by Gasteiger charge is 2.17. The standard InChI is InChI=1S/C19H22N4O2/c20-14-16-3-1-4-17(13-16)15-23-10-8-22(9-11-23)7-6-21-19(24)18-5-2-12-25-18/h1-5,12-13H,6-11,15H2,(H,21,24). The van der Waals surface area contributed by atoms with Crippen LogP contribution in [-0.4, -0.2) is 55.0 Å². The molecule has 6 heteroatoms. The van der Waals surface area contributed by atoms with Crippen molar-refractivity contribution in [3.63, 3.8) is 0 Å². The lowest BCUT2D eigenvalue weighted by Gasteiger charge is -2.34. The minimum absolute atomic E-state index is 0.166. The third kappa shape index (κ3) is 4.92. The summed E-state index contributed by atoms with van der Waals surface area (Å²) >= 11 is 0. The van der Waals surface area contributed by atoms with E-state index in [1.165, 1.54) is 11.8 Å². The first-order valence-electron chi connectivity index (χ1n) is 8.50. The maximum atomic E-state index is 11.8. The second-order valence-electron chi connectivity index (χ2n) is 6.16. The summed E-state index contributed by atoms with van der Waals surface area (Å²) in [5, 5.41) is 11.9. The number of benzene rings is 1. The van der Waals surface area contributed by atoms with E-state index in [4.69, 9.17) is 9.68 Å². The molecule has 1 aromatic carbocycles. The molecule has 0 atom stereocenters. The molecule has 1 aromatic heterocycles. The second-order valence-corrected chi connectivity index (χ2v) is 6.16. The van der Waals surface area contributed by atoms with Crippen molar-refractivity contribution in [1.82, 2.24) is 15.1 Å². The van der Waals surface area contributed by atoms with Crippen molar-refractivity contribution in [2.24, 2.45) is 0 Å². The molecule has 0 radical (unpaired) electrons. The van der Waals surface area contributed by atoms with Crippen molar-refractivity contribution in [2.45, 2.75) is 6.54 Å². The fourth-order valence-corrected chi connectivity index (χ4v) is 2.99. The van der Waals surface area contributed by atoms with Gasteiger partial charge in [-0.3, -0.25) is 14.6 Å². The van der Waals surface area contributed by atoms with Gasteiger partial charge in [-0.1, -0.05) is 12.1 Å². The van der Waals surface area contributed by atoms with Crippen LogP contribution in [0.1, 0.15) is 21.7 Å². The molecule has 0 spiro atoms. The van der Waals surface area contributed by atoms with Gasteiger partial charge < -0.3 is 9.73 Å². The van der Waals surface area contributed by atoms with E-state index >= 15 is 0 Å². The maximum Gasteiger partial charge on any atom is 0.287 e. The van der Waals surface area contributed by atoms with Gasteiger partial charge in [0.05, 0.1) is 17.9 Å². The Bertz CT molecular complexity index is 728. The lowest BCUT2D eigenvalue weighted by molar-refractivity contribution is 0.0907. The van der Waals surface area contributed by atoms with Crippen LogP contribution in [-0.2, 0) is 6.54 Å². The molecule has 6 nitrogen and oxygen atoms in total. The molecule has 1 aliphatic rings.